The molecule has 0 saturated heterocycles. The van der Waals surface area contributed by atoms with Gasteiger partial charge in [0, 0.05) is 34.3 Å². The first-order chi connectivity index (χ1) is 28.9. The van der Waals surface area contributed by atoms with Gasteiger partial charge in [0.1, 0.15) is 23.5 Å². The van der Waals surface area contributed by atoms with Crippen LogP contribution in [0.5, 0.6) is 11.5 Å². The monoisotopic (exact) mass is 788 g/mol. The highest BCUT2D eigenvalue weighted by molar-refractivity contribution is 6.09. The number of anilines is 4. The number of hydrogen-bond donors (Lipinski definition) is 0. The molecule has 0 saturated carbocycles. The molecule has 0 aliphatic carbocycles. The van der Waals surface area contributed by atoms with Crippen LogP contribution in [0.1, 0.15) is 95.9 Å². The minimum atomic E-state index is -0.0145. The fraction of sp³-hybridized carbons (Fsp3) is 0.255. The van der Waals surface area contributed by atoms with E-state index in [0.717, 1.165) is 46.0 Å². The van der Waals surface area contributed by atoms with Crippen molar-refractivity contribution < 1.29 is 4.74 Å². The van der Waals surface area contributed by atoms with Gasteiger partial charge in [-0.25, -0.2) is 4.98 Å². The molecule has 0 radical (unpaired) electrons. The molecule has 0 fully saturated rings. The number of para-hydroxylation sites is 4. The molecular formula is C55H56N4O. The molecule has 2 aromatic heterocycles. The number of hydrogen-bond acceptors (Lipinski definition) is 4. The number of aromatic nitrogens is 2. The Balaban J connectivity index is 1.26. The molecule has 9 rings (SSSR count). The van der Waals surface area contributed by atoms with Gasteiger partial charge >= 0.3 is 0 Å². The maximum Gasteiger partial charge on any atom is 0.137 e. The summed E-state index contributed by atoms with van der Waals surface area (Å²) in [5.41, 5.74) is 14.4. The zero-order valence-electron chi connectivity index (χ0n) is 36.5. The van der Waals surface area contributed by atoms with E-state index in [4.69, 9.17) is 9.72 Å². The minimum Gasteiger partial charge on any atom is -0.457 e. The van der Waals surface area contributed by atoms with E-state index in [2.05, 4.69) is 216 Å². The Kier molecular flexibility index (Phi) is 10.0. The SMILES string of the molecule is CCC1N(c2ccccc2)c2ccccc2N1c1cc(-c2c(C(C)C)cccc2C(C)C)cc(Oc2ccc3c4ccccc4n(-c4cc(C(C)(C)C)ccn4)c3c2)c1C. The quantitative estimate of drug-likeness (QED) is 0.146. The zero-order chi connectivity index (χ0) is 41.9. The summed E-state index contributed by atoms with van der Waals surface area (Å²) >= 11 is 0. The Labute approximate surface area is 355 Å². The van der Waals surface area contributed by atoms with Crippen LogP contribution in [0.25, 0.3) is 38.8 Å². The number of ether oxygens (including phenoxy) is 1. The summed E-state index contributed by atoms with van der Waals surface area (Å²) < 4.78 is 9.53. The van der Waals surface area contributed by atoms with Gasteiger partial charge in [0.2, 0.25) is 0 Å². The molecule has 1 atom stereocenters. The molecule has 5 heteroatoms. The van der Waals surface area contributed by atoms with E-state index in [0.29, 0.717) is 11.8 Å². The van der Waals surface area contributed by atoms with Gasteiger partial charge < -0.3 is 14.5 Å². The molecule has 8 aromatic rings. The first-order valence-electron chi connectivity index (χ1n) is 21.6. The topological polar surface area (TPSA) is 33.5 Å². The molecule has 302 valence electrons. The van der Waals surface area contributed by atoms with Crippen molar-refractivity contribution in [1.82, 2.24) is 9.55 Å². The molecule has 1 aliphatic rings. The predicted molar refractivity (Wildman–Crippen MR) is 253 cm³/mol. The largest absolute Gasteiger partial charge is 0.457 e. The van der Waals surface area contributed by atoms with Crippen LogP contribution >= 0.6 is 0 Å². The summed E-state index contributed by atoms with van der Waals surface area (Å²) in [7, 11) is 0. The van der Waals surface area contributed by atoms with Crippen LogP contribution in [-0.4, -0.2) is 15.7 Å². The maximum atomic E-state index is 7.24. The lowest BCUT2D eigenvalue weighted by atomic mass is 9.84. The third-order valence-corrected chi connectivity index (χ3v) is 12.4. The highest BCUT2D eigenvalue weighted by Crippen LogP contribution is 2.52. The van der Waals surface area contributed by atoms with Gasteiger partial charge in [-0.2, -0.15) is 0 Å². The molecular weight excluding hydrogens is 733 g/mol. The van der Waals surface area contributed by atoms with Crippen molar-refractivity contribution >= 4 is 44.6 Å². The average Bonchev–Trinajstić information content (AvgIpc) is 3.76. The second kappa shape index (κ2) is 15.4. The normalized spacial score (nSPS) is 14.2. The highest BCUT2D eigenvalue weighted by Gasteiger charge is 2.38. The van der Waals surface area contributed by atoms with Crippen molar-refractivity contribution in [2.75, 3.05) is 9.80 Å². The zero-order valence-corrected chi connectivity index (χ0v) is 36.5. The van der Waals surface area contributed by atoms with Crippen molar-refractivity contribution in [3.63, 3.8) is 0 Å². The Morgan fingerprint density at radius 3 is 1.97 bits per heavy atom. The Morgan fingerprint density at radius 2 is 1.28 bits per heavy atom. The molecule has 0 N–H and O–H groups in total. The number of nitrogens with zero attached hydrogens (tertiary/aromatic N) is 4. The molecule has 6 aromatic carbocycles. The Bertz CT molecular complexity index is 2840. The van der Waals surface area contributed by atoms with Crippen molar-refractivity contribution in [3.8, 4) is 28.4 Å². The van der Waals surface area contributed by atoms with Gasteiger partial charge in [0.25, 0.3) is 0 Å². The van der Waals surface area contributed by atoms with Crippen molar-refractivity contribution in [3.05, 3.63) is 168 Å². The van der Waals surface area contributed by atoms with E-state index in [1.807, 2.05) is 6.20 Å². The number of benzene rings is 6. The van der Waals surface area contributed by atoms with E-state index < -0.39 is 0 Å². The fourth-order valence-corrected chi connectivity index (χ4v) is 9.32. The molecule has 5 nitrogen and oxygen atoms in total. The van der Waals surface area contributed by atoms with E-state index in [1.165, 1.54) is 55.7 Å². The number of pyridine rings is 1. The third kappa shape index (κ3) is 6.70. The minimum absolute atomic E-state index is 0.0145. The lowest BCUT2D eigenvalue weighted by Crippen LogP contribution is -2.38. The van der Waals surface area contributed by atoms with Gasteiger partial charge in [-0.1, -0.05) is 122 Å². The molecule has 60 heavy (non-hydrogen) atoms. The second-order valence-electron chi connectivity index (χ2n) is 18.0. The third-order valence-electron chi connectivity index (χ3n) is 12.4. The lowest BCUT2D eigenvalue weighted by molar-refractivity contribution is 0.479. The first kappa shape index (κ1) is 39.1. The van der Waals surface area contributed by atoms with E-state index in [1.54, 1.807) is 0 Å². The highest BCUT2D eigenvalue weighted by atomic mass is 16.5. The van der Waals surface area contributed by atoms with Crippen LogP contribution in [0.3, 0.4) is 0 Å². The van der Waals surface area contributed by atoms with E-state index in [-0.39, 0.29) is 11.6 Å². The van der Waals surface area contributed by atoms with E-state index in [9.17, 15) is 0 Å². The van der Waals surface area contributed by atoms with Crippen molar-refractivity contribution in [2.24, 2.45) is 0 Å². The smallest absolute Gasteiger partial charge is 0.137 e. The Morgan fingerprint density at radius 1 is 0.633 bits per heavy atom. The fourth-order valence-electron chi connectivity index (χ4n) is 9.32. The summed E-state index contributed by atoms with van der Waals surface area (Å²) in [5.74, 6) is 3.21. The molecule has 1 unspecified atom stereocenters. The van der Waals surface area contributed by atoms with Crippen molar-refractivity contribution in [1.29, 1.82) is 0 Å². The van der Waals surface area contributed by atoms with Crippen LogP contribution in [0.2, 0.25) is 0 Å². The standard InChI is InChI=1S/C55H56N4O/c1-10-53-57(40-19-12-11-13-20-40)47-25-16-17-26-48(47)59(53)49-31-38(54-42(35(2)3)22-18-23-43(54)36(4)5)32-51(37(49)6)60-41-27-28-45-44-21-14-15-24-46(44)58(50(45)34-41)52-33-39(29-30-56-52)55(7,8)9/h11-36,53H,10H2,1-9H3. The van der Waals surface area contributed by atoms with Crippen LogP contribution < -0.4 is 14.5 Å². The second-order valence-corrected chi connectivity index (χ2v) is 18.0. The number of fused-ring (bicyclic) bond motifs is 4. The van der Waals surface area contributed by atoms with Gasteiger partial charge in [-0.3, -0.25) is 4.57 Å². The van der Waals surface area contributed by atoms with Crippen LogP contribution in [-0.2, 0) is 5.41 Å². The molecule has 0 spiro atoms. The molecule has 0 amide bonds. The van der Waals surface area contributed by atoms with Crippen LogP contribution in [0.4, 0.5) is 22.7 Å². The molecule has 1 aliphatic heterocycles. The Hall–Kier alpha value is -6.33. The summed E-state index contributed by atoms with van der Waals surface area (Å²) in [4.78, 5) is 9.99. The van der Waals surface area contributed by atoms with E-state index >= 15 is 0 Å². The lowest BCUT2D eigenvalue weighted by Gasteiger charge is -2.34. The summed E-state index contributed by atoms with van der Waals surface area (Å²) in [6.45, 7) is 20.5. The van der Waals surface area contributed by atoms with Gasteiger partial charge in [0.15, 0.2) is 0 Å². The first-order valence-corrected chi connectivity index (χ1v) is 21.6. The predicted octanol–water partition coefficient (Wildman–Crippen LogP) is 15.5. The summed E-state index contributed by atoms with van der Waals surface area (Å²) in [6, 6.07) is 50.7. The average molecular weight is 789 g/mol. The van der Waals surface area contributed by atoms with Crippen molar-refractivity contribution in [2.45, 2.75) is 92.2 Å². The van der Waals surface area contributed by atoms with Gasteiger partial charge in [0.05, 0.1) is 28.1 Å². The summed E-state index contributed by atoms with van der Waals surface area (Å²) in [6.07, 6.45) is 2.90. The number of rotatable bonds is 9. The summed E-state index contributed by atoms with van der Waals surface area (Å²) in [5, 5.41) is 2.36. The van der Waals surface area contributed by atoms with Crippen LogP contribution in [0.15, 0.2) is 146 Å². The van der Waals surface area contributed by atoms with Gasteiger partial charge in [-0.05, 0) is 125 Å². The van der Waals surface area contributed by atoms with Gasteiger partial charge in [-0.15, -0.1) is 0 Å². The van der Waals surface area contributed by atoms with Crippen LogP contribution in [0, 0.1) is 6.92 Å². The maximum absolute atomic E-state index is 7.24. The molecule has 0 bridgehead atoms. The molecule has 3 heterocycles.